The summed E-state index contributed by atoms with van der Waals surface area (Å²) in [6.45, 7) is 4.81. The Balaban J connectivity index is 3.28. The predicted molar refractivity (Wildman–Crippen MR) is 39.1 cm³/mol. The van der Waals surface area contributed by atoms with E-state index < -0.39 is 0 Å². The van der Waals surface area contributed by atoms with Crippen LogP contribution < -0.4 is 0 Å². The van der Waals surface area contributed by atoms with Gasteiger partial charge < -0.3 is 10.1 Å². The number of hydrogen-bond donors (Lipinski definition) is 1. The lowest BCUT2D eigenvalue weighted by atomic mass is 10.2. The van der Waals surface area contributed by atoms with Crippen molar-refractivity contribution in [3.8, 4) is 0 Å². The van der Waals surface area contributed by atoms with Crippen LogP contribution in [0.25, 0.3) is 0 Å². The van der Waals surface area contributed by atoms with Gasteiger partial charge in [0.05, 0.1) is 6.10 Å². The van der Waals surface area contributed by atoms with Crippen molar-refractivity contribution in [3.05, 3.63) is 0 Å². The predicted octanol–water partition coefficient (Wildman–Crippen LogP) is 1.84. The summed E-state index contributed by atoms with van der Waals surface area (Å²) in [5.41, 5.74) is 0. The zero-order valence-electron chi connectivity index (χ0n) is 6.18. The van der Waals surface area contributed by atoms with Crippen LogP contribution in [0, 0.1) is 5.41 Å². The van der Waals surface area contributed by atoms with Crippen molar-refractivity contribution < 1.29 is 4.74 Å². The minimum atomic E-state index is 0.271. The van der Waals surface area contributed by atoms with E-state index in [2.05, 4.69) is 6.92 Å². The van der Waals surface area contributed by atoms with Crippen molar-refractivity contribution in [2.24, 2.45) is 0 Å². The Morgan fingerprint density at radius 3 is 2.56 bits per heavy atom. The lowest BCUT2D eigenvalue weighted by Gasteiger charge is -2.10. The molecule has 0 heterocycles. The maximum absolute atomic E-state index is 6.81. The van der Waals surface area contributed by atoms with Crippen LogP contribution in [0.2, 0.25) is 0 Å². The summed E-state index contributed by atoms with van der Waals surface area (Å²) >= 11 is 0. The van der Waals surface area contributed by atoms with Crippen LogP contribution in [-0.4, -0.2) is 18.9 Å². The van der Waals surface area contributed by atoms with Gasteiger partial charge in [0.25, 0.3) is 0 Å². The van der Waals surface area contributed by atoms with E-state index in [0.717, 1.165) is 19.4 Å². The smallest absolute Gasteiger partial charge is 0.0621 e. The van der Waals surface area contributed by atoms with Gasteiger partial charge in [-0.3, -0.25) is 0 Å². The zero-order valence-corrected chi connectivity index (χ0v) is 6.18. The summed E-state index contributed by atoms with van der Waals surface area (Å²) in [6.07, 6.45) is 3.43. The molecule has 0 aromatic heterocycles. The van der Waals surface area contributed by atoms with Gasteiger partial charge in [0.1, 0.15) is 0 Å². The molecule has 9 heavy (non-hydrogen) atoms. The van der Waals surface area contributed by atoms with Gasteiger partial charge in [-0.05, 0) is 19.6 Å². The van der Waals surface area contributed by atoms with E-state index in [4.69, 9.17) is 10.1 Å². The summed E-state index contributed by atoms with van der Waals surface area (Å²) in [5.74, 6) is 0. The SMILES string of the molecule is CCO[C@H](CC)CC=N. The molecule has 0 bridgehead atoms. The monoisotopic (exact) mass is 129 g/mol. The number of hydrogen-bond acceptors (Lipinski definition) is 2. The Morgan fingerprint density at radius 1 is 1.56 bits per heavy atom. The average molecular weight is 129 g/mol. The molecule has 0 aliphatic carbocycles. The molecule has 0 aromatic rings. The molecule has 0 amide bonds. The fraction of sp³-hybridized carbons (Fsp3) is 0.857. The van der Waals surface area contributed by atoms with Gasteiger partial charge in [-0.25, -0.2) is 0 Å². The second kappa shape index (κ2) is 5.76. The minimum absolute atomic E-state index is 0.271. The Morgan fingerprint density at radius 2 is 2.22 bits per heavy atom. The van der Waals surface area contributed by atoms with Crippen molar-refractivity contribution in [1.29, 1.82) is 5.41 Å². The maximum Gasteiger partial charge on any atom is 0.0621 e. The Bertz CT molecular complexity index is 73.3. The molecule has 0 saturated heterocycles. The Hall–Kier alpha value is -0.370. The normalized spacial score (nSPS) is 13.1. The van der Waals surface area contributed by atoms with Crippen molar-refractivity contribution in [2.75, 3.05) is 6.61 Å². The first kappa shape index (κ1) is 8.63. The molecule has 2 nitrogen and oxygen atoms in total. The van der Waals surface area contributed by atoms with Gasteiger partial charge in [0.2, 0.25) is 0 Å². The highest BCUT2D eigenvalue weighted by Crippen LogP contribution is 1.99. The third-order valence-electron chi connectivity index (χ3n) is 1.24. The Kier molecular flexibility index (Phi) is 5.52. The van der Waals surface area contributed by atoms with Crippen LogP contribution in [-0.2, 0) is 4.74 Å². The second-order valence-corrected chi connectivity index (χ2v) is 1.93. The first-order valence-corrected chi connectivity index (χ1v) is 3.45. The maximum atomic E-state index is 6.81. The molecule has 54 valence electrons. The average Bonchev–Trinajstić information content (AvgIpc) is 1.88. The van der Waals surface area contributed by atoms with Gasteiger partial charge in [-0.2, -0.15) is 0 Å². The van der Waals surface area contributed by atoms with Crippen LogP contribution in [0.15, 0.2) is 0 Å². The standard InChI is InChI=1S/C7H15NO/c1-3-7(5-6-8)9-4-2/h6-8H,3-5H2,1-2H3/t7-/m1/s1. The third kappa shape index (κ3) is 4.15. The van der Waals surface area contributed by atoms with E-state index in [-0.39, 0.29) is 6.10 Å². The van der Waals surface area contributed by atoms with Gasteiger partial charge in [-0.15, -0.1) is 0 Å². The lowest BCUT2D eigenvalue weighted by molar-refractivity contribution is 0.0662. The molecule has 0 saturated carbocycles. The van der Waals surface area contributed by atoms with Crippen molar-refractivity contribution in [3.63, 3.8) is 0 Å². The summed E-state index contributed by atoms with van der Waals surface area (Å²) in [4.78, 5) is 0. The van der Waals surface area contributed by atoms with Crippen LogP contribution in [0.3, 0.4) is 0 Å². The van der Waals surface area contributed by atoms with E-state index >= 15 is 0 Å². The summed E-state index contributed by atoms with van der Waals surface area (Å²) in [7, 11) is 0. The van der Waals surface area contributed by atoms with E-state index in [1.54, 1.807) is 0 Å². The van der Waals surface area contributed by atoms with Crippen LogP contribution in [0.5, 0.6) is 0 Å². The fourth-order valence-electron chi connectivity index (χ4n) is 0.720. The molecule has 0 unspecified atom stereocenters. The third-order valence-corrected chi connectivity index (χ3v) is 1.24. The molecule has 0 aliphatic heterocycles. The summed E-state index contributed by atoms with van der Waals surface area (Å²) < 4.78 is 5.28. The molecule has 0 aliphatic rings. The molecule has 0 rings (SSSR count). The minimum Gasteiger partial charge on any atom is -0.378 e. The molecule has 1 atom stereocenters. The molecule has 1 N–H and O–H groups in total. The van der Waals surface area contributed by atoms with Gasteiger partial charge in [-0.1, -0.05) is 6.92 Å². The van der Waals surface area contributed by atoms with Crippen LogP contribution in [0.4, 0.5) is 0 Å². The highest BCUT2D eigenvalue weighted by molar-refractivity contribution is 5.53. The zero-order chi connectivity index (χ0) is 7.11. The van der Waals surface area contributed by atoms with Gasteiger partial charge in [0, 0.05) is 13.0 Å². The quantitative estimate of drug-likeness (QED) is 0.564. The highest BCUT2D eigenvalue weighted by atomic mass is 16.5. The van der Waals surface area contributed by atoms with Crippen LogP contribution in [0.1, 0.15) is 26.7 Å². The first-order chi connectivity index (χ1) is 4.35. The summed E-state index contributed by atoms with van der Waals surface area (Å²) in [6, 6.07) is 0. The van der Waals surface area contributed by atoms with Crippen molar-refractivity contribution >= 4 is 6.21 Å². The highest BCUT2D eigenvalue weighted by Gasteiger charge is 2.00. The largest absolute Gasteiger partial charge is 0.378 e. The second-order valence-electron chi connectivity index (χ2n) is 1.93. The molecule has 0 fully saturated rings. The number of ether oxygens (including phenoxy) is 1. The fourth-order valence-corrected chi connectivity index (χ4v) is 0.720. The molecular weight excluding hydrogens is 114 g/mol. The van der Waals surface area contributed by atoms with Gasteiger partial charge >= 0.3 is 0 Å². The summed E-state index contributed by atoms with van der Waals surface area (Å²) in [5, 5.41) is 6.81. The van der Waals surface area contributed by atoms with E-state index in [0.29, 0.717) is 0 Å². The first-order valence-electron chi connectivity index (χ1n) is 3.45. The molecule has 0 aromatic carbocycles. The molecule has 0 radical (unpaired) electrons. The van der Waals surface area contributed by atoms with Crippen molar-refractivity contribution in [2.45, 2.75) is 32.8 Å². The number of nitrogens with one attached hydrogen (secondary N) is 1. The molecule has 2 heteroatoms. The topological polar surface area (TPSA) is 33.1 Å². The van der Waals surface area contributed by atoms with Crippen molar-refractivity contribution in [1.82, 2.24) is 0 Å². The Labute approximate surface area is 56.7 Å². The molecular formula is C7H15NO. The van der Waals surface area contributed by atoms with E-state index in [1.807, 2.05) is 6.92 Å². The van der Waals surface area contributed by atoms with E-state index in [1.165, 1.54) is 6.21 Å². The molecule has 0 spiro atoms. The van der Waals surface area contributed by atoms with E-state index in [9.17, 15) is 0 Å². The van der Waals surface area contributed by atoms with Crippen LogP contribution >= 0.6 is 0 Å². The lowest BCUT2D eigenvalue weighted by Crippen LogP contribution is -2.11. The number of rotatable bonds is 5. The van der Waals surface area contributed by atoms with Gasteiger partial charge in [0.15, 0.2) is 0 Å².